The molecule has 26 heavy (non-hydrogen) atoms. The Kier molecular flexibility index (Phi) is 4.94. The summed E-state index contributed by atoms with van der Waals surface area (Å²) in [5.41, 5.74) is 1.74. The van der Waals surface area contributed by atoms with Crippen molar-refractivity contribution in [1.29, 1.82) is 0 Å². The smallest absolute Gasteiger partial charge is 0.207 e. The first-order chi connectivity index (χ1) is 12.1. The number of alkyl halides is 3. The molecule has 138 valence electrons. The van der Waals surface area contributed by atoms with E-state index in [1.54, 1.807) is 30.3 Å². The molecule has 1 atom stereocenters. The van der Waals surface area contributed by atoms with E-state index < -0.39 is 21.8 Å². The quantitative estimate of drug-likeness (QED) is 0.845. The summed E-state index contributed by atoms with van der Waals surface area (Å²) in [7, 11) is -3.63. The van der Waals surface area contributed by atoms with Gasteiger partial charge in [-0.15, -0.1) is 0 Å². The van der Waals surface area contributed by atoms with Crippen LogP contribution < -0.4 is 4.72 Å². The molecule has 0 aromatic heterocycles. The summed E-state index contributed by atoms with van der Waals surface area (Å²) in [6.45, 7) is 1.88. The highest BCUT2D eigenvalue weighted by molar-refractivity contribution is 7.89. The fraction of sp³-hybridized carbons (Fsp3) is 0.263. The lowest BCUT2D eigenvalue weighted by atomic mass is 9.85. The molecule has 1 saturated carbocycles. The highest BCUT2D eigenvalue weighted by Crippen LogP contribution is 2.32. The summed E-state index contributed by atoms with van der Waals surface area (Å²) in [5, 5.41) is 0. The van der Waals surface area contributed by atoms with Crippen molar-refractivity contribution in [1.82, 2.24) is 4.72 Å². The standard InChI is InChI=1S/C19H18F3NO2S/c1-13-2-9-17(10-3-13)26(24,25)23-18-11-6-15(18)12-14-4-7-16(8-5-14)19(20,21)22/h2-5,7-10,12,18,23H,6,11H2,1H3/b15-12+. The van der Waals surface area contributed by atoms with Gasteiger partial charge in [0, 0.05) is 6.04 Å². The van der Waals surface area contributed by atoms with Crippen LogP contribution in [-0.4, -0.2) is 14.5 Å². The summed E-state index contributed by atoms with van der Waals surface area (Å²) >= 11 is 0. The van der Waals surface area contributed by atoms with E-state index in [0.29, 0.717) is 18.4 Å². The average Bonchev–Trinajstić information content (AvgIpc) is 2.57. The molecule has 2 aromatic rings. The van der Waals surface area contributed by atoms with Gasteiger partial charge < -0.3 is 0 Å². The predicted molar refractivity (Wildman–Crippen MR) is 93.9 cm³/mol. The maximum absolute atomic E-state index is 12.6. The molecule has 0 spiro atoms. The highest BCUT2D eigenvalue weighted by atomic mass is 32.2. The molecule has 0 saturated heterocycles. The van der Waals surface area contributed by atoms with Crippen molar-refractivity contribution in [3.8, 4) is 0 Å². The number of halogens is 3. The lowest BCUT2D eigenvalue weighted by Gasteiger charge is -2.30. The minimum atomic E-state index is -4.37. The van der Waals surface area contributed by atoms with E-state index in [1.807, 2.05) is 6.92 Å². The minimum absolute atomic E-state index is 0.198. The van der Waals surface area contributed by atoms with Gasteiger partial charge in [-0.3, -0.25) is 0 Å². The number of benzene rings is 2. The zero-order valence-corrected chi connectivity index (χ0v) is 14.9. The third kappa shape index (κ3) is 4.16. The third-order valence-electron chi connectivity index (χ3n) is 4.39. The molecule has 0 aliphatic heterocycles. The first-order valence-electron chi connectivity index (χ1n) is 8.12. The van der Waals surface area contributed by atoms with Gasteiger partial charge >= 0.3 is 6.18 Å². The Morgan fingerprint density at radius 1 is 1.04 bits per heavy atom. The van der Waals surface area contributed by atoms with Gasteiger partial charge in [0.25, 0.3) is 0 Å². The Morgan fingerprint density at radius 3 is 2.15 bits per heavy atom. The maximum Gasteiger partial charge on any atom is 0.416 e. The van der Waals surface area contributed by atoms with Crippen molar-refractivity contribution >= 4 is 16.1 Å². The van der Waals surface area contributed by atoms with Crippen molar-refractivity contribution in [2.45, 2.75) is 36.9 Å². The molecule has 0 heterocycles. The molecule has 1 aliphatic rings. The van der Waals surface area contributed by atoms with E-state index >= 15 is 0 Å². The molecule has 2 aromatic carbocycles. The van der Waals surface area contributed by atoms with E-state index in [9.17, 15) is 21.6 Å². The molecule has 0 amide bonds. The number of hydrogen-bond donors (Lipinski definition) is 1. The van der Waals surface area contributed by atoms with Crippen molar-refractivity contribution in [3.05, 3.63) is 70.8 Å². The Balaban J connectivity index is 1.73. The Bertz CT molecular complexity index is 915. The summed E-state index contributed by atoms with van der Waals surface area (Å²) < 4.78 is 65.3. The molecule has 0 radical (unpaired) electrons. The van der Waals surface area contributed by atoms with Crippen molar-refractivity contribution in [2.75, 3.05) is 0 Å². The molecular weight excluding hydrogens is 363 g/mol. The number of rotatable bonds is 4. The van der Waals surface area contributed by atoms with Gasteiger partial charge in [-0.1, -0.05) is 41.5 Å². The molecule has 3 rings (SSSR count). The zero-order valence-electron chi connectivity index (χ0n) is 14.0. The van der Waals surface area contributed by atoms with Gasteiger partial charge in [-0.2, -0.15) is 13.2 Å². The molecule has 1 unspecified atom stereocenters. The van der Waals surface area contributed by atoms with Gasteiger partial charge in [-0.05, 0) is 49.6 Å². The molecule has 0 bridgehead atoms. The SMILES string of the molecule is Cc1ccc(S(=O)(=O)NC2CC/C2=C\c2ccc(C(F)(F)F)cc2)cc1. The Morgan fingerprint density at radius 2 is 1.65 bits per heavy atom. The number of nitrogens with one attached hydrogen (secondary N) is 1. The lowest BCUT2D eigenvalue weighted by molar-refractivity contribution is -0.137. The van der Waals surface area contributed by atoms with Crippen LogP contribution in [0.3, 0.4) is 0 Å². The fourth-order valence-corrected chi connectivity index (χ4v) is 3.99. The van der Waals surface area contributed by atoms with Crippen LogP contribution in [0.5, 0.6) is 0 Å². The van der Waals surface area contributed by atoms with Crippen LogP contribution in [0.4, 0.5) is 13.2 Å². The van der Waals surface area contributed by atoms with Crippen LogP contribution in [0.2, 0.25) is 0 Å². The van der Waals surface area contributed by atoms with Crippen LogP contribution in [0.15, 0.2) is 59.0 Å². The number of sulfonamides is 1. The van der Waals surface area contributed by atoms with Gasteiger partial charge in [-0.25, -0.2) is 13.1 Å². The van der Waals surface area contributed by atoms with E-state index in [1.165, 1.54) is 12.1 Å². The van der Waals surface area contributed by atoms with Crippen LogP contribution in [-0.2, 0) is 16.2 Å². The molecular formula is C19H18F3NO2S. The second-order valence-corrected chi connectivity index (χ2v) is 8.08. The molecule has 1 fully saturated rings. The minimum Gasteiger partial charge on any atom is -0.207 e. The second-order valence-electron chi connectivity index (χ2n) is 6.36. The summed E-state index contributed by atoms with van der Waals surface area (Å²) in [4.78, 5) is 0.198. The average molecular weight is 381 g/mol. The van der Waals surface area contributed by atoms with Gasteiger partial charge in [0.15, 0.2) is 0 Å². The Labute approximate surface area is 150 Å². The number of aryl methyl sites for hydroxylation is 1. The van der Waals surface area contributed by atoms with Crippen molar-refractivity contribution in [2.24, 2.45) is 0 Å². The predicted octanol–water partition coefficient (Wildman–Crippen LogP) is 4.54. The second kappa shape index (κ2) is 6.89. The van der Waals surface area contributed by atoms with Crippen molar-refractivity contribution in [3.63, 3.8) is 0 Å². The molecule has 3 nitrogen and oxygen atoms in total. The monoisotopic (exact) mass is 381 g/mol. The van der Waals surface area contributed by atoms with Gasteiger partial charge in [0.2, 0.25) is 10.0 Å². The van der Waals surface area contributed by atoms with E-state index in [0.717, 1.165) is 23.3 Å². The van der Waals surface area contributed by atoms with Crippen LogP contribution in [0, 0.1) is 6.92 Å². The third-order valence-corrected chi connectivity index (χ3v) is 5.88. The first-order valence-corrected chi connectivity index (χ1v) is 9.60. The van der Waals surface area contributed by atoms with Crippen LogP contribution >= 0.6 is 0 Å². The van der Waals surface area contributed by atoms with E-state index in [-0.39, 0.29) is 10.9 Å². The lowest BCUT2D eigenvalue weighted by Crippen LogP contribution is -2.41. The highest BCUT2D eigenvalue weighted by Gasteiger charge is 2.31. The molecule has 7 heteroatoms. The van der Waals surface area contributed by atoms with Crippen LogP contribution in [0.1, 0.15) is 29.5 Å². The first kappa shape index (κ1) is 18.7. The van der Waals surface area contributed by atoms with Gasteiger partial charge in [0.05, 0.1) is 10.5 Å². The van der Waals surface area contributed by atoms with E-state index in [4.69, 9.17) is 0 Å². The van der Waals surface area contributed by atoms with Gasteiger partial charge in [0.1, 0.15) is 0 Å². The maximum atomic E-state index is 12.6. The number of hydrogen-bond acceptors (Lipinski definition) is 2. The normalized spacial score (nSPS) is 19.4. The molecule has 1 N–H and O–H groups in total. The van der Waals surface area contributed by atoms with E-state index in [2.05, 4.69) is 4.72 Å². The van der Waals surface area contributed by atoms with Crippen molar-refractivity contribution < 1.29 is 21.6 Å². The van der Waals surface area contributed by atoms with Crippen LogP contribution in [0.25, 0.3) is 6.08 Å². The Hall–Kier alpha value is -2.12. The largest absolute Gasteiger partial charge is 0.416 e. The summed E-state index contributed by atoms with van der Waals surface area (Å²) in [5.74, 6) is 0. The summed E-state index contributed by atoms with van der Waals surface area (Å²) in [6, 6.07) is 11.1. The topological polar surface area (TPSA) is 46.2 Å². The molecule has 1 aliphatic carbocycles. The summed E-state index contributed by atoms with van der Waals surface area (Å²) in [6.07, 6.45) is -1.25. The zero-order chi connectivity index (χ0) is 18.9. The fourth-order valence-electron chi connectivity index (χ4n) is 2.72.